The molecule has 0 bridgehead atoms. The van der Waals surface area contributed by atoms with Gasteiger partial charge in [-0.1, -0.05) is 33.6 Å². The van der Waals surface area contributed by atoms with E-state index in [2.05, 4.69) is 32.6 Å². The molecule has 0 saturated carbocycles. The van der Waals surface area contributed by atoms with Gasteiger partial charge in [-0.15, -0.1) is 0 Å². The minimum absolute atomic E-state index is 0.609. The highest BCUT2D eigenvalue weighted by Crippen LogP contribution is 2.28. The predicted molar refractivity (Wildman–Crippen MR) is 71.5 cm³/mol. The van der Waals surface area contributed by atoms with Crippen LogP contribution in [0.4, 0.5) is 0 Å². The van der Waals surface area contributed by atoms with Crippen LogP contribution >= 0.6 is 0 Å². The largest absolute Gasteiger partial charge is 0.329 e. The SMILES string of the molecule is CCC(CC)C(CN)N1CCC(C)CC1C. The lowest BCUT2D eigenvalue weighted by atomic mass is 9.87. The zero-order valence-electron chi connectivity index (χ0n) is 11.6. The number of piperidine rings is 1. The van der Waals surface area contributed by atoms with Crippen LogP contribution in [0.2, 0.25) is 0 Å². The Hall–Kier alpha value is -0.0800. The van der Waals surface area contributed by atoms with Crippen LogP contribution < -0.4 is 5.73 Å². The van der Waals surface area contributed by atoms with Gasteiger partial charge in [0.1, 0.15) is 0 Å². The number of likely N-dealkylation sites (tertiary alicyclic amines) is 1. The van der Waals surface area contributed by atoms with E-state index in [9.17, 15) is 0 Å². The van der Waals surface area contributed by atoms with Crippen molar-refractivity contribution in [2.75, 3.05) is 13.1 Å². The molecule has 2 heteroatoms. The Kier molecular flexibility index (Phi) is 5.77. The molecule has 2 N–H and O–H groups in total. The number of rotatable bonds is 5. The Morgan fingerprint density at radius 1 is 1.25 bits per heavy atom. The summed E-state index contributed by atoms with van der Waals surface area (Å²) in [6.07, 6.45) is 5.21. The molecule has 1 rings (SSSR count). The molecule has 1 saturated heterocycles. The summed E-state index contributed by atoms with van der Waals surface area (Å²) in [6, 6.07) is 1.33. The van der Waals surface area contributed by atoms with E-state index >= 15 is 0 Å². The van der Waals surface area contributed by atoms with Crippen molar-refractivity contribution in [1.29, 1.82) is 0 Å². The summed E-state index contributed by atoms with van der Waals surface area (Å²) in [5, 5.41) is 0. The van der Waals surface area contributed by atoms with Gasteiger partial charge in [0.15, 0.2) is 0 Å². The fourth-order valence-corrected chi connectivity index (χ4v) is 3.35. The highest BCUT2D eigenvalue weighted by atomic mass is 15.2. The minimum atomic E-state index is 0.609. The second-order valence-electron chi connectivity index (χ2n) is 5.60. The van der Waals surface area contributed by atoms with Crippen LogP contribution in [0.15, 0.2) is 0 Å². The molecule has 3 unspecified atom stereocenters. The van der Waals surface area contributed by atoms with E-state index in [1.165, 1.54) is 32.2 Å². The Morgan fingerprint density at radius 3 is 2.31 bits per heavy atom. The van der Waals surface area contributed by atoms with Crippen LogP contribution in [0.3, 0.4) is 0 Å². The van der Waals surface area contributed by atoms with Gasteiger partial charge in [0.25, 0.3) is 0 Å². The van der Waals surface area contributed by atoms with Gasteiger partial charge in [-0.05, 0) is 38.1 Å². The van der Waals surface area contributed by atoms with Crippen molar-refractivity contribution in [3.8, 4) is 0 Å². The summed E-state index contributed by atoms with van der Waals surface area (Å²) < 4.78 is 0. The van der Waals surface area contributed by atoms with Gasteiger partial charge in [0.2, 0.25) is 0 Å². The van der Waals surface area contributed by atoms with E-state index in [0.29, 0.717) is 6.04 Å². The maximum atomic E-state index is 6.01. The van der Waals surface area contributed by atoms with Crippen molar-refractivity contribution >= 4 is 0 Å². The maximum absolute atomic E-state index is 6.01. The van der Waals surface area contributed by atoms with Crippen LogP contribution in [0.5, 0.6) is 0 Å². The van der Waals surface area contributed by atoms with Gasteiger partial charge in [0.05, 0.1) is 0 Å². The number of hydrogen-bond acceptors (Lipinski definition) is 2. The van der Waals surface area contributed by atoms with Crippen LogP contribution in [-0.2, 0) is 0 Å². The van der Waals surface area contributed by atoms with E-state index in [1.807, 2.05) is 0 Å². The van der Waals surface area contributed by atoms with E-state index in [0.717, 1.165) is 24.4 Å². The van der Waals surface area contributed by atoms with Gasteiger partial charge < -0.3 is 5.73 Å². The van der Waals surface area contributed by atoms with Crippen LogP contribution in [0, 0.1) is 11.8 Å². The Labute approximate surface area is 102 Å². The van der Waals surface area contributed by atoms with Gasteiger partial charge >= 0.3 is 0 Å². The fraction of sp³-hybridized carbons (Fsp3) is 1.00. The van der Waals surface area contributed by atoms with Gasteiger partial charge in [-0.3, -0.25) is 4.90 Å². The average molecular weight is 226 g/mol. The summed E-state index contributed by atoms with van der Waals surface area (Å²) in [5.74, 6) is 1.67. The molecule has 0 aliphatic carbocycles. The molecule has 1 aliphatic heterocycles. The second-order valence-corrected chi connectivity index (χ2v) is 5.60. The molecule has 0 radical (unpaired) electrons. The second kappa shape index (κ2) is 6.61. The van der Waals surface area contributed by atoms with Crippen molar-refractivity contribution in [3.63, 3.8) is 0 Å². The zero-order valence-corrected chi connectivity index (χ0v) is 11.6. The number of nitrogens with two attached hydrogens (primary N) is 1. The first-order valence-corrected chi connectivity index (χ1v) is 7.09. The third kappa shape index (κ3) is 3.21. The Morgan fingerprint density at radius 2 is 1.88 bits per heavy atom. The highest BCUT2D eigenvalue weighted by Gasteiger charge is 2.31. The van der Waals surface area contributed by atoms with Gasteiger partial charge in [-0.25, -0.2) is 0 Å². The summed E-state index contributed by atoms with van der Waals surface area (Å²) in [5.41, 5.74) is 6.01. The van der Waals surface area contributed by atoms with E-state index < -0.39 is 0 Å². The molecule has 96 valence electrons. The molecule has 0 spiro atoms. The quantitative estimate of drug-likeness (QED) is 0.781. The molecule has 1 fully saturated rings. The fourth-order valence-electron chi connectivity index (χ4n) is 3.35. The minimum Gasteiger partial charge on any atom is -0.329 e. The first-order chi connectivity index (χ1) is 7.63. The van der Waals surface area contributed by atoms with Crippen LogP contribution in [0.25, 0.3) is 0 Å². The van der Waals surface area contributed by atoms with Crippen molar-refractivity contribution in [3.05, 3.63) is 0 Å². The maximum Gasteiger partial charge on any atom is 0.0249 e. The lowest BCUT2D eigenvalue weighted by Gasteiger charge is -2.44. The molecule has 0 aromatic carbocycles. The van der Waals surface area contributed by atoms with E-state index in [-0.39, 0.29) is 0 Å². The highest BCUT2D eigenvalue weighted by molar-refractivity contribution is 4.86. The molecule has 3 atom stereocenters. The zero-order chi connectivity index (χ0) is 12.1. The van der Waals surface area contributed by atoms with Gasteiger partial charge in [0, 0.05) is 18.6 Å². The van der Waals surface area contributed by atoms with Gasteiger partial charge in [-0.2, -0.15) is 0 Å². The number of nitrogens with zero attached hydrogens (tertiary/aromatic N) is 1. The summed E-state index contributed by atoms with van der Waals surface area (Å²) >= 11 is 0. The summed E-state index contributed by atoms with van der Waals surface area (Å²) in [6.45, 7) is 11.4. The molecule has 2 nitrogen and oxygen atoms in total. The van der Waals surface area contributed by atoms with Crippen LogP contribution in [0.1, 0.15) is 53.4 Å². The summed E-state index contributed by atoms with van der Waals surface area (Å²) in [4.78, 5) is 2.68. The molecule has 1 heterocycles. The van der Waals surface area contributed by atoms with Crippen molar-refractivity contribution in [2.45, 2.75) is 65.5 Å². The van der Waals surface area contributed by atoms with Crippen molar-refractivity contribution in [2.24, 2.45) is 17.6 Å². The molecular weight excluding hydrogens is 196 g/mol. The van der Waals surface area contributed by atoms with E-state index in [1.54, 1.807) is 0 Å². The van der Waals surface area contributed by atoms with E-state index in [4.69, 9.17) is 5.73 Å². The topological polar surface area (TPSA) is 29.3 Å². The van der Waals surface area contributed by atoms with Crippen molar-refractivity contribution in [1.82, 2.24) is 4.90 Å². The first-order valence-electron chi connectivity index (χ1n) is 7.09. The monoisotopic (exact) mass is 226 g/mol. The standard InChI is InChI=1S/C14H30N2/c1-5-13(6-2)14(10-15)16-8-7-11(3)9-12(16)4/h11-14H,5-10,15H2,1-4H3. The van der Waals surface area contributed by atoms with Crippen molar-refractivity contribution < 1.29 is 0 Å². The molecule has 0 aromatic rings. The number of hydrogen-bond donors (Lipinski definition) is 1. The lowest BCUT2D eigenvalue weighted by molar-refractivity contribution is 0.0528. The Balaban J connectivity index is 2.64. The molecule has 0 amide bonds. The molecular formula is C14H30N2. The molecule has 1 aliphatic rings. The molecule has 16 heavy (non-hydrogen) atoms. The predicted octanol–water partition coefficient (Wildman–Crippen LogP) is 2.87. The third-order valence-electron chi connectivity index (χ3n) is 4.45. The third-order valence-corrected chi connectivity index (χ3v) is 4.45. The lowest BCUT2D eigenvalue weighted by Crippen LogP contribution is -2.52. The average Bonchev–Trinajstić information content (AvgIpc) is 2.27. The first kappa shape index (κ1) is 14.0. The van der Waals surface area contributed by atoms with Crippen LogP contribution in [-0.4, -0.2) is 30.1 Å². The normalized spacial score (nSPS) is 29.6. The summed E-state index contributed by atoms with van der Waals surface area (Å²) in [7, 11) is 0. The molecule has 0 aromatic heterocycles. The Bertz CT molecular complexity index is 189. The smallest absolute Gasteiger partial charge is 0.0249 e.